The predicted octanol–water partition coefficient (Wildman–Crippen LogP) is 1.94. The van der Waals surface area contributed by atoms with Gasteiger partial charge < -0.3 is 10.2 Å². The molecule has 100 valence electrons. The largest absolute Gasteiger partial charge is 0.314 e. The fourth-order valence-electron chi connectivity index (χ4n) is 2.08. The number of carbonyl (C=O) groups excluding carboxylic acids is 1. The molecule has 2 atom stereocenters. The molecular weight excluding hydrogens is 269 g/mol. The van der Waals surface area contributed by atoms with E-state index in [-0.39, 0.29) is 22.9 Å². The summed E-state index contributed by atoms with van der Waals surface area (Å²) in [4.78, 5) is 13.6. The highest BCUT2D eigenvalue weighted by Crippen LogP contribution is 2.23. The molecule has 1 aromatic rings. The van der Waals surface area contributed by atoms with Crippen LogP contribution in [-0.4, -0.2) is 25.5 Å². The normalized spacial score (nSPS) is 22.0. The Morgan fingerprint density at radius 1 is 1.63 bits per heavy atom. The van der Waals surface area contributed by atoms with Gasteiger partial charge in [0.2, 0.25) is 5.91 Å². The number of halogens is 2. The van der Waals surface area contributed by atoms with Crippen LogP contribution >= 0.6 is 11.6 Å². The van der Waals surface area contributed by atoms with E-state index < -0.39 is 5.82 Å². The third kappa shape index (κ3) is 2.86. The van der Waals surface area contributed by atoms with Crippen LogP contribution in [0, 0.1) is 23.1 Å². The highest BCUT2D eigenvalue weighted by Gasteiger charge is 2.31. The monoisotopic (exact) mass is 281 g/mol. The molecule has 1 N–H and O–H groups in total. The lowest BCUT2D eigenvalue weighted by Crippen LogP contribution is -2.41. The molecule has 1 amide bonds. The molecule has 0 radical (unpaired) electrons. The fraction of sp³-hybridized carbons (Fsp3) is 0.385. The summed E-state index contributed by atoms with van der Waals surface area (Å²) >= 11 is 5.70. The molecule has 1 saturated heterocycles. The molecule has 2 rings (SSSR count). The van der Waals surface area contributed by atoms with Crippen LogP contribution in [0.15, 0.2) is 18.2 Å². The number of hydrogen-bond acceptors (Lipinski definition) is 3. The van der Waals surface area contributed by atoms with Crippen LogP contribution in [0.5, 0.6) is 0 Å². The minimum Gasteiger partial charge on any atom is -0.314 e. The summed E-state index contributed by atoms with van der Waals surface area (Å²) in [6, 6.07) is 5.89. The Hall–Kier alpha value is -1.64. The van der Waals surface area contributed by atoms with E-state index in [9.17, 15) is 9.18 Å². The van der Waals surface area contributed by atoms with Crippen molar-refractivity contribution in [3.63, 3.8) is 0 Å². The smallest absolute Gasteiger partial charge is 0.243 e. The molecule has 0 bridgehead atoms. The quantitative estimate of drug-likeness (QED) is 0.901. The molecule has 2 unspecified atom stereocenters. The van der Waals surface area contributed by atoms with Gasteiger partial charge in [-0.05, 0) is 24.6 Å². The topological polar surface area (TPSA) is 56.1 Å². The Balaban J connectivity index is 2.11. The first-order valence-electron chi connectivity index (χ1n) is 5.88. The summed E-state index contributed by atoms with van der Waals surface area (Å²) in [5.41, 5.74) is 0.526. The number of nitrogens with one attached hydrogen (secondary N) is 1. The average molecular weight is 282 g/mol. The molecule has 1 heterocycles. The summed E-state index contributed by atoms with van der Waals surface area (Å²) < 4.78 is 13.1. The van der Waals surface area contributed by atoms with Gasteiger partial charge in [-0.15, -0.1) is 0 Å². The minimum absolute atomic E-state index is 0.0218. The standard InChI is InChI=1S/C13H13ClFN3O/c1-18(9-2-3-11(15)10(14)5-9)13(19)12-4-8(6-16)7-17-12/h2-3,5,8,12,17H,4,7H2,1H3. The maximum absolute atomic E-state index is 13.1. The summed E-state index contributed by atoms with van der Waals surface area (Å²) in [7, 11) is 1.60. The van der Waals surface area contributed by atoms with Gasteiger partial charge in [0.25, 0.3) is 0 Å². The number of rotatable bonds is 2. The Labute approximate surface area is 115 Å². The van der Waals surface area contributed by atoms with Crippen molar-refractivity contribution in [1.82, 2.24) is 5.32 Å². The number of carbonyl (C=O) groups is 1. The first kappa shape index (κ1) is 13.8. The number of benzene rings is 1. The van der Waals surface area contributed by atoms with Gasteiger partial charge >= 0.3 is 0 Å². The SMILES string of the molecule is CN(C(=O)C1CC(C#N)CN1)c1ccc(F)c(Cl)c1. The summed E-state index contributed by atoms with van der Waals surface area (Å²) in [5, 5.41) is 11.8. The van der Waals surface area contributed by atoms with Crippen molar-refractivity contribution in [3.8, 4) is 6.07 Å². The summed E-state index contributed by atoms with van der Waals surface area (Å²) in [6.45, 7) is 0.519. The summed E-state index contributed by atoms with van der Waals surface area (Å²) in [6.07, 6.45) is 0.495. The molecule has 1 fully saturated rings. The van der Waals surface area contributed by atoms with Crippen LogP contribution in [0.1, 0.15) is 6.42 Å². The molecule has 0 aromatic heterocycles. The molecule has 0 aliphatic carbocycles. The van der Waals surface area contributed by atoms with Gasteiger partial charge in [0.05, 0.1) is 23.1 Å². The molecule has 1 aromatic carbocycles. The van der Waals surface area contributed by atoms with Gasteiger partial charge in [-0.3, -0.25) is 4.79 Å². The van der Waals surface area contributed by atoms with E-state index in [2.05, 4.69) is 11.4 Å². The Morgan fingerprint density at radius 3 is 2.95 bits per heavy atom. The molecule has 0 spiro atoms. The van der Waals surface area contributed by atoms with Crippen molar-refractivity contribution >= 4 is 23.2 Å². The van der Waals surface area contributed by atoms with Crippen LogP contribution in [0.25, 0.3) is 0 Å². The van der Waals surface area contributed by atoms with Crippen molar-refractivity contribution in [2.75, 3.05) is 18.5 Å². The van der Waals surface area contributed by atoms with Crippen molar-refractivity contribution in [2.45, 2.75) is 12.5 Å². The van der Waals surface area contributed by atoms with Gasteiger partial charge in [0.1, 0.15) is 5.82 Å². The van der Waals surface area contributed by atoms with E-state index in [4.69, 9.17) is 16.9 Å². The summed E-state index contributed by atoms with van der Waals surface area (Å²) in [5.74, 6) is -0.811. The average Bonchev–Trinajstić information content (AvgIpc) is 2.89. The van der Waals surface area contributed by atoms with E-state index in [1.807, 2.05) is 0 Å². The Kier molecular flexibility index (Phi) is 4.03. The van der Waals surface area contributed by atoms with Gasteiger partial charge in [0, 0.05) is 19.3 Å². The second-order valence-electron chi connectivity index (χ2n) is 4.52. The number of amides is 1. The van der Waals surface area contributed by atoms with E-state index >= 15 is 0 Å². The highest BCUT2D eigenvalue weighted by molar-refractivity contribution is 6.31. The zero-order chi connectivity index (χ0) is 14.0. The van der Waals surface area contributed by atoms with E-state index in [0.29, 0.717) is 18.7 Å². The van der Waals surface area contributed by atoms with E-state index in [1.165, 1.54) is 23.1 Å². The number of nitriles is 1. The van der Waals surface area contributed by atoms with Gasteiger partial charge in [-0.2, -0.15) is 5.26 Å². The van der Waals surface area contributed by atoms with E-state index in [0.717, 1.165) is 0 Å². The molecule has 4 nitrogen and oxygen atoms in total. The molecular formula is C13H13ClFN3O. The van der Waals surface area contributed by atoms with E-state index in [1.54, 1.807) is 7.05 Å². The van der Waals surface area contributed by atoms with Crippen molar-refractivity contribution in [1.29, 1.82) is 5.26 Å². The van der Waals surface area contributed by atoms with Gasteiger partial charge in [0.15, 0.2) is 0 Å². The first-order valence-corrected chi connectivity index (χ1v) is 6.26. The van der Waals surface area contributed by atoms with Crippen molar-refractivity contribution < 1.29 is 9.18 Å². The van der Waals surface area contributed by atoms with Gasteiger partial charge in [-0.25, -0.2) is 4.39 Å². The third-order valence-corrected chi connectivity index (χ3v) is 3.52. The molecule has 1 aliphatic heterocycles. The third-order valence-electron chi connectivity index (χ3n) is 3.23. The lowest BCUT2D eigenvalue weighted by Gasteiger charge is -2.21. The molecule has 0 saturated carbocycles. The Bertz CT molecular complexity index is 543. The van der Waals surface area contributed by atoms with Crippen LogP contribution in [0.2, 0.25) is 5.02 Å². The lowest BCUT2D eigenvalue weighted by atomic mass is 10.1. The Morgan fingerprint density at radius 2 is 2.37 bits per heavy atom. The van der Waals surface area contributed by atoms with Crippen LogP contribution in [0.3, 0.4) is 0 Å². The molecule has 6 heteroatoms. The molecule has 1 aliphatic rings. The minimum atomic E-state index is -0.519. The first-order chi connectivity index (χ1) is 9.02. The highest BCUT2D eigenvalue weighted by atomic mass is 35.5. The van der Waals surface area contributed by atoms with Crippen LogP contribution in [-0.2, 0) is 4.79 Å². The number of likely N-dealkylation sites (N-methyl/N-ethyl adjacent to an activating group) is 1. The zero-order valence-electron chi connectivity index (χ0n) is 10.4. The van der Waals surface area contributed by atoms with Crippen molar-refractivity contribution in [2.24, 2.45) is 5.92 Å². The lowest BCUT2D eigenvalue weighted by molar-refractivity contribution is -0.120. The van der Waals surface area contributed by atoms with Crippen molar-refractivity contribution in [3.05, 3.63) is 29.0 Å². The second-order valence-corrected chi connectivity index (χ2v) is 4.93. The second kappa shape index (κ2) is 5.55. The predicted molar refractivity (Wildman–Crippen MR) is 70.3 cm³/mol. The number of nitrogens with zero attached hydrogens (tertiary/aromatic N) is 2. The maximum Gasteiger partial charge on any atom is 0.243 e. The number of anilines is 1. The maximum atomic E-state index is 13.1. The van der Waals surface area contributed by atoms with Crippen LogP contribution < -0.4 is 10.2 Å². The zero-order valence-corrected chi connectivity index (χ0v) is 11.1. The molecule has 19 heavy (non-hydrogen) atoms. The van der Waals surface area contributed by atoms with Crippen LogP contribution in [0.4, 0.5) is 10.1 Å². The fourth-order valence-corrected chi connectivity index (χ4v) is 2.25. The number of hydrogen-bond donors (Lipinski definition) is 1. The van der Waals surface area contributed by atoms with Gasteiger partial charge in [-0.1, -0.05) is 11.6 Å².